The lowest BCUT2D eigenvalue weighted by Gasteiger charge is -2.10. The van der Waals surface area contributed by atoms with Gasteiger partial charge in [0, 0.05) is 5.56 Å². The minimum Gasteiger partial charge on any atom is -0.492 e. The maximum atomic E-state index is 8.64. The second-order valence-electron chi connectivity index (χ2n) is 4.04. The molecule has 1 rings (SSSR count). The molecule has 0 unspecified atom stereocenters. The fourth-order valence-corrected chi connectivity index (χ4v) is 1.39. The van der Waals surface area contributed by atoms with Crippen LogP contribution in [-0.2, 0) is 0 Å². The Morgan fingerprint density at radius 3 is 2.69 bits per heavy atom. The van der Waals surface area contributed by atoms with E-state index in [4.69, 9.17) is 21.5 Å². The maximum Gasteiger partial charge on any atom is 0.137 e. The van der Waals surface area contributed by atoms with Crippen molar-refractivity contribution in [2.75, 3.05) is 6.61 Å². The summed E-state index contributed by atoms with van der Waals surface area (Å²) in [5.74, 6) is 1.11. The normalized spacial score (nSPS) is 11.9. The summed E-state index contributed by atoms with van der Waals surface area (Å²) in [6, 6.07) is 5.33. The molecule has 3 nitrogen and oxygen atoms in total. The standard InChI is InChI=1S/C12H16ClNO2/c1-8(2)7-16-12-5-4-10(6-11(12)13)9(3)14-15/h4-6,8,15H,7H2,1-3H3/b14-9+. The molecule has 0 heterocycles. The highest BCUT2D eigenvalue weighted by molar-refractivity contribution is 6.32. The van der Waals surface area contributed by atoms with Gasteiger partial charge in [0.05, 0.1) is 17.3 Å². The van der Waals surface area contributed by atoms with Crippen LogP contribution in [-0.4, -0.2) is 17.5 Å². The van der Waals surface area contributed by atoms with E-state index in [0.717, 1.165) is 5.56 Å². The molecule has 0 bridgehead atoms. The minimum atomic E-state index is 0.455. The van der Waals surface area contributed by atoms with Crippen LogP contribution in [0.1, 0.15) is 26.3 Å². The minimum absolute atomic E-state index is 0.455. The van der Waals surface area contributed by atoms with Crippen molar-refractivity contribution < 1.29 is 9.94 Å². The van der Waals surface area contributed by atoms with Crippen LogP contribution in [0, 0.1) is 5.92 Å². The molecular weight excluding hydrogens is 226 g/mol. The smallest absolute Gasteiger partial charge is 0.137 e. The van der Waals surface area contributed by atoms with Crippen molar-refractivity contribution in [2.45, 2.75) is 20.8 Å². The summed E-state index contributed by atoms with van der Waals surface area (Å²) >= 11 is 6.05. The molecule has 4 heteroatoms. The highest BCUT2D eigenvalue weighted by atomic mass is 35.5. The fraction of sp³-hybridized carbons (Fsp3) is 0.417. The molecule has 1 N–H and O–H groups in total. The lowest BCUT2D eigenvalue weighted by molar-refractivity contribution is 0.271. The van der Waals surface area contributed by atoms with E-state index in [1.807, 2.05) is 6.07 Å². The molecule has 0 saturated heterocycles. The second kappa shape index (κ2) is 5.75. The number of nitrogens with zero attached hydrogens (tertiary/aromatic N) is 1. The van der Waals surface area contributed by atoms with Crippen molar-refractivity contribution >= 4 is 17.3 Å². The quantitative estimate of drug-likeness (QED) is 0.497. The Bertz CT molecular complexity index is 389. The van der Waals surface area contributed by atoms with E-state index in [2.05, 4.69) is 19.0 Å². The molecule has 16 heavy (non-hydrogen) atoms. The van der Waals surface area contributed by atoms with Crippen molar-refractivity contribution in [3.8, 4) is 5.75 Å². The number of hydrogen-bond donors (Lipinski definition) is 1. The van der Waals surface area contributed by atoms with Gasteiger partial charge < -0.3 is 9.94 Å². The molecule has 1 aromatic rings. The Labute approximate surface area is 101 Å². The number of ether oxygens (including phenoxy) is 1. The second-order valence-corrected chi connectivity index (χ2v) is 4.44. The Balaban J connectivity index is 2.83. The number of halogens is 1. The predicted molar refractivity (Wildman–Crippen MR) is 65.8 cm³/mol. The third-order valence-corrected chi connectivity index (χ3v) is 2.37. The van der Waals surface area contributed by atoms with Crippen LogP contribution in [0.3, 0.4) is 0 Å². The average Bonchev–Trinajstić information content (AvgIpc) is 2.26. The van der Waals surface area contributed by atoms with Crippen molar-refractivity contribution in [1.82, 2.24) is 0 Å². The van der Waals surface area contributed by atoms with Gasteiger partial charge in [0.25, 0.3) is 0 Å². The Hall–Kier alpha value is -1.22. The van der Waals surface area contributed by atoms with Gasteiger partial charge in [-0.3, -0.25) is 0 Å². The van der Waals surface area contributed by atoms with Crippen molar-refractivity contribution in [3.63, 3.8) is 0 Å². The van der Waals surface area contributed by atoms with Crippen LogP contribution in [0.5, 0.6) is 5.75 Å². The first-order valence-electron chi connectivity index (χ1n) is 5.16. The summed E-state index contributed by atoms with van der Waals surface area (Å²) in [6.45, 7) is 6.49. The summed E-state index contributed by atoms with van der Waals surface area (Å²) in [5.41, 5.74) is 1.31. The maximum absolute atomic E-state index is 8.64. The summed E-state index contributed by atoms with van der Waals surface area (Å²) in [6.07, 6.45) is 0. The largest absolute Gasteiger partial charge is 0.492 e. The van der Waals surface area contributed by atoms with E-state index >= 15 is 0 Å². The monoisotopic (exact) mass is 241 g/mol. The Kier molecular flexibility index (Phi) is 4.62. The first-order valence-corrected chi connectivity index (χ1v) is 5.53. The van der Waals surface area contributed by atoms with Gasteiger partial charge in [-0.15, -0.1) is 0 Å². The topological polar surface area (TPSA) is 41.8 Å². The summed E-state index contributed by atoms with van der Waals surface area (Å²) in [5, 5.41) is 12.3. The van der Waals surface area contributed by atoms with Gasteiger partial charge in [-0.05, 0) is 31.0 Å². The van der Waals surface area contributed by atoms with E-state index in [1.54, 1.807) is 19.1 Å². The molecule has 0 saturated carbocycles. The molecule has 0 spiro atoms. The van der Waals surface area contributed by atoms with Crippen LogP contribution in [0.2, 0.25) is 5.02 Å². The fourth-order valence-electron chi connectivity index (χ4n) is 1.16. The van der Waals surface area contributed by atoms with Crippen molar-refractivity contribution in [1.29, 1.82) is 0 Å². The van der Waals surface area contributed by atoms with Crippen LogP contribution in [0.4, 0.5) is 0 Å². The van der Waals surface area contributed by atoms with Gasteiger partial charge in [0.2, 0.25) is 0 Å². The average molecular weight is 242 g/mol. The highest BCUT2D eigenvalue weighted by Gasteiger charge is 2.06. The van der Waals surface area contributed by atoms with Gasteiger partial charge in [-0.25, -0.2) is 0 Å². The lowest BCUT2D eigenvalue weighted by atomic mass is 10.1. The van der Waals surface area contributed by atoms with E-state index < -0.39 is 0 Å². The van der Waals surface area contributed by atoms with Gasteiger partial charge in [0.1, 0.15) is 5.75 Å². The summed E-state index contributed by atoms with van der Waals surface area (Å²) in [7, 11) is 0. The molecule has 88 valence electrons. The zero-order valence-corrected chi connectivity index (χ0v) is 10.5. The molecular formula is C12H16ClNO2. The third kappa shape index (κ3) is 3.42. The van der Waals surface area contributed by atoms with Crippen molar-refractivity contribution in [2.24, 2.45) is 11.1 Å². The molecule has 1 aromatic carbocycles. The molecule has 0 aliphatic carbocycles. The lowest BCUT2D eigenvalue weighted by Crippen LogP contribution is -2.05. The zero-order valence-electron chi connectivity index (χ0n) is 9.70. The SMILES string of the molecule is C/C(=N\O)c1ccc(OCC(C)C)c(Cl)c1. The van der Waals surface area contributed by atoms with Crippen LogP contribution >= 0.6 is 11.6 Å². The number of benzene rings is 1. The zero-order chi connectivity index (χ0) is 12.1. The van der Waals surface area contributed by atoms with Crippen LogP contribution < -0.4 is 4.74 Å². The van der Waals surface area contributed by atoms with Crippen molar-refractivity contribution in [3.05, 3.63) is 28.8 Å². The number of oxime groups is 1. The predicted octanol–water partition coefficient (Wildman–Crippen LogP) is 3.57. The molecule has 0 radical (unpaired) electrons. The van der Waals surface area contributed by atoms with E-state index in [0.29, 0.717) is 29.0 Å². The first-order chi connectivity index (χ1) is 7.54. The van der Waals surface area contributed by atoms with Crippen LogP contribution in [0.15, 0.2) is 23.4 Å². The number of rotatable bonds is 4. The third-order valence-electron chi connectivity index (χ3n) is 2.07. The van der Waals surface area contributed by atoms with Gasteiger partial charge in [-0.2, -0.15) is 0 Å². The van der Waals surface area contributed by atoms with E-state index in [9.17, 15) is 0 Å². The van der Waals surface area contributed by atoms with Crippen LogP contribution in [0.25, 0.3) is 0 Å². The number of hydrogen-bond acceptors (Lipinski definition) is 3. The van der Waals surface area contributed by atoms with E-state index in [1.165, 1.54) is 0 Å². The Morgan fingerprint density at radius 1 is 1.50 bits per heavy atom. The van der Waals surface area contributed by atoms with Gasteiger partial charge in [0.15, 0.2) is 0 Å². The highest BCUT2D eigenvalue weighted by Crippen LogP contribution is 2.26. The molecule has 0 aromatic heterocycles. The molecule has 0 aliphatic heterocycles. The van der Waals surface area contributed by atoms with Gasteiger partial charge >= 0.3 is 0 Å². The molecule has 0 amide bonds. The van der Waals surface area contributed by atoms with Gasteiger partial charge in [-0.1, -0.05) is 30.6 Å². The van der Waals surface area contributed by atoms with E-state index in [-0.39, 0.29) is 0 Å². The summed E-state index contributed by atoms with van der Waals surface area (Å²) < 4.78 is 5.53. The first kappa shape index (κ1) is 12.8. The Morgan fingerprint density at radius 2 is 2.19 bits per heavy atom. The summed E-state index contributed by atoms with van der Waals surface area (Å²) in [4.78, 5) is 0. The molecule has 0 aliphatic rings. The molecule has 0 fully saturated rings. The molecule has 0 atom stereocenters.